The largest absolute Gasteiger partial charge is 0.313 e. The van der Waals surface area contributed by atoms with Gasteiger partial charge < -0.3 is 5.41 Å². The van der Waals surface area contributed by atoms with Crippen LogP contribution in [0.5, 0.6) is 0 Å². The van der Waals surface area contributed by atoms with E-state index in [0.717, 1.165) is 0 Å². The number of rotatable bonds is 2. The lowest BCUT2D eigenvalue weighted by Gasteiger charge is -1.91. The lowest BCUT2D eigenvalue weighted by Crippen LogP contribution is -1.70. The van der Waals surface area contributed by atoms with Crippen LogP contribution in [0.2, 0.25) is 0 Å². The molecule has 0 rings (SSSR count). The van der Waals surface area contributed by atoms with Gasteiger partial charge in [0.05, 0.1) is 0 Å². The third-order valence-electron chi connectivity index (χ3n) is 1.14. The molecule has 0 aromatic carbocycles. The summed E-state index contributed by atoms with van der Waals surface area (Å²) in [5.41, 5.74) is 1.50. The van der Waals surface area contributed by atoms with Crippen LogP contribution in [0.15, 0.2) is 11.6 Å². The molecule has 0 unspecified atom stereocenters. The molecule has 0 saturated carbocycles. The van der Waals surface area contributed by atoms with E-state index in [9.17, 15) is 0 Å². The average Bonchev–Trinajstić information content (AvgIpc) is 1.90. The van der Waals surface area contributed by atoms with Crippen LogP contribution in [0.25, 0.3) is 0 Å². The molecule has 0 aliphatic heterocycles. The van der Waals surface area contributed by atoms with Crippen LogP contribution >= 0.6 is 0 Å². The topological polar surface area (TPSA) is 23.9 Å². The van der Waals surface area contributed by atoms with E-state index < -0.39 is 0 Å². The van der Waals surface area contributed by atoms with E-state index in [0.29, 0.717) is 0 Å². The van der Waals surface area contributed by atoms with Gasteiger partial charge in [-0.05, 0) is 33.4 Å². The maximum Gasteiger partial charge on any atom is -0.00788 e. The van der Waals surface area contributed by atoms with Gasteiger partial charge in [-0.1, -0.05) is 25.0 Å². The summed E-state index contributed by atoms with van der Waals surface area (Å²) in [6.45, 7) is 8.13. The van der Waals surface area contributed by atoms with Gasteiger partial charge in [0.25, 0.3) is 0 Å². The minimum atomic E-state index is 1.25. The summed E-state index contributed by atoms with van der Waals surface area (Å²) in [6, 6.07) is 0. The molecule has 0 aromatic rings. The molecule has 0 saturated heterocycles. The molecule has 0 bridgehead atoms. The van der Waals surface area contributed by atoms with Crippen LogP contribution in [0.3, 0.4) is 0 Å². The fourth-order valence-electron chi connectivity index (χ4n) is 0.539. The van der Waals surface area contributed by atoms with Crippen molar-refractivity contribution in [1.82, 2.24) is 0 Å². The normalized spacial score (nSPS) is 9.80. The van der Waals surface area contributed by atoms with Crippen molar-refractivity contribution in [3.63, 3.8) is 0 Å². The van der Waals surface area contributed by atoms with Crippen molar-refractivity contribution < 1.29 is 0 Å². The van der Waals surface area contributed by atoms with Gasteiger partial charge in [0.15, 0.2) is 0 Å². The van der Waals surface area contributed by atoms with Crippen molar-refractivity contribution >= 4 is 6.21 Å². The van der Waals surface area contributed by atoms with Crippen molar-refractivity contribution in [1.29, 1.82) is 5.41 Å². The molecule has 0 aliphatic carbocycles. The Morgan fingerprint density at radius 3 is 1.90 bits per heavy atom. The summed E-state index contributed by atoms with van der Waals surface area (Å²) in [7, 11) is 0. The predicted molar refractivity (Wildman–Crippen MR) is 48.8 cm³/mol. The molecule has 60 valence electrons. The molecule has 0 spiro atoms. The number of hydrogen-bond acceptors (Lipinski definition) is 1. The Labute approximate surface area is 64.7 Å². The SMILES string of the molecule is C/C=C(\C)CCC.CC=N. The second-order valence-electron chi connectivity index (χ2n) is 2.17. The van der Waals surface area contributed by atoms with Crippen molar-refractivity contribution in [3.8, 4) is 0 Å². The van der Waals surface area contributed by atoms with E-state index >= 15 is 0 Å². The lowest BCUT2D eigenvalue weighted by molar-refractivity contribution is 0.903. The van der Waals surface area contributed by atoms with Crippen molar-refractivity contribution in [2.75, 3.05) is 0 Å². The summed E-state index contributed by atoms with van der Waals surface area (Å²) in [4.78, 5) is 0. The van der Waals surface area contributed by atoms with Crippen molar-refractivity contribution in [3.05, 3.63) is 11.6 Å². The average molecular weight is 141 g/mol. The lowest BCUT2D eigenvalue weighted by atomic mass is 10.2. The van der Waals surface area contributed by atoms with Gasteiger partial charge in [0, 0.05) is 0 Å². The number of nitrogens with one attached hydrogen (secondary N) is 1. The molecule has 0 aromatic heterocycles. The molecule has 0 aliphatic rings. The molecule has 0 radical (unpaired) electrons. The first kappa shape index (κ1) is 12.1. The Bertz CT molecular complexity index is 92.9. The highest BCUT2D eigenvalue weighted by Crippen LogP contribution is 2.00. The molecule has 0 amide bonds. The molecular formula is C9H19N. The van der Waals surface area contributed by atoms with Crippen LogP contribution < -0.4 is 0 Å². The van der Waals surface area contributed by atoms with Gasteiger partial charge in [-0.3, -0.25) is 0 Å². The number of allylic oxidation sites excluding steroid dienone is 2. The van der Waals surface area contributed by atoms with Gasteiger partial charge >= 0.3 is 0 Å². The fraction of sp³-hybridized carbons (Fsp3) is 0.667. The first-order valence-electron chi connectivity index (χ1n) is 3.79. The highest BCUT2D eigenvalue weighted by Gasteiger charge is 1.79. The van der Waals surface area contributed by atoms with E-state index in [4.69, 9.17) is 5.41 Å². The van der Waals surface area contributed by atoms with E-state index in [2.05, 4.69) is 26.8 Å². The summed E-state index contributed by atoms with van der Waals surface area (Å²) < 4.78 is 0. The molecule has 1 N–H and O–H groups in total. The molecule has 0 fully saturated rings. The predicted octanol–water partition coefficient (Wildman–Crippen LogP) is 3.41. The second-order valence-corrected chi connectivity index (χ2v) is 2.17. The first-order valence-corrected chi connectivity index (χ1v) is 3.79. The molecule has 0 heterocycles. The molecule has 10 heavy (non-hydrogen) atoms. The second kappa shape index (κ2) is 11.2. The standard InChI is InChI=1S/C7H14.C2H5N/c1-4-6-7(3)5-2;1-2-3/h5H,4,6H2,1-3H3;2-3H,1H3/b7-5+;. The summed E-state index contributed by atoms with van der Waals surface area (Å²) >= 11 is 0. The Morgan fingerprint density at radius 2 is 1.80 bits per heavy atom. The van der Waals surface area contributed by atoms with Gasteiger partial charge in [-0.15, -0.1) is 0 Å². The Kier molecular flexibility index (Phi) is 13.6. The van der Waals surface area contributed by atoms with Crippen LogP contribution in [-0.4, -0.2) is 6.21 Å². The zero-order valence-corrected chi connectivity index (χ0v) is 7.57. The van der Waals surface area contributed by atoms with Gasteiger partial charge in [0.1, 0.15) is 0 Å². The Hall–Kier alpha value is -0.590. The van der Waals surface area contributed by atoms with Crippen LogP contribution in [0, 0.1) is 5.41 Å². The van der Waals surface area contributed by atoms with Gasteiger partial charge in [-0.25, -0.2) is 0 Å². The van der Waals surface area contributed by atoms with E-state index in [-0.39, 0.29) is 0 Å². The van der Waals surface area contributed by atoms with Crippen molar-refractivity contribution in [2.24, 2.45) is 0 Å². The zero-order chi connectivity index (χ0) is 8.41. The minimum Gasteiger partial charge on any atom is -0.313 e. The van der Waals surface area contributed by atoms with E-state index in [1.807, 2.05) is 0 Å². The maximum atomic E-state index is 6.08. The molecular weight excluding hydrogens is 122 g/mol. The van der Waals surface area contributed by atoms with Crippen LogP contribution in [0.4, 0.5) is 0 Å². The highest BCUT2D eigenvalue weighted by atomic mass is 14.3. The molecule has 1 nitrogen and oxygen atoms in total. The highest BCUT2D eigenvalue weighted by molar-refractivity contribution is 5.48. The van der Waals surface area contributed by atoms with Crippen molar-refractivity contribution in [2.45, 2.75) is 40.5 Å². The van der Waals surface area contributed by atoms with E-state index in [1.54, 1.807) is 6.92 Å². The Morgan fingerprint density at radius 1 is 1.40 bits per heavy atom. The third kappa shape index (κ3) is 15.7. The summed E-state index contributed by atoms with van der Waals surface area (Å²) in [5, 5.41) is 6.08. The summed E-state index contributed by atoms with van der Waals surface area (Å²) in [5.74, 6) is 0. The van der Waals surface area contributed by atoms with Gasteiger partial charge in [0.2, 0.25) is 0 Å². The fourth-order valence-corrected chi connectivity index (χ4v) is 0.539. The zero-order valence-electron chi connectivity index (χ0n) is 7.57. The maximum absolute atomic E-state index is 6.08. The van der Waals surface area contributed by atoms with E-state index in [1.165, 1.54) is 24.6 Å². The summed E-state index contributed by atoms with van der Waals surface area (Å²) in [6.07, 6.45) is 5.95. The monoisotopic (exact) mass is 141 g/mol. The third-order valence-corrected chi connectivity index (χ3v) is 1.14. The number of hydrogen-bond donors (Lipinski definition) is 1. The molecule has 1 heteroatoms. The van der Waals surface area contributed by atoms with Gasteiger partial charge in [-0.2, -0.15) is 0 Å². The van der Waals surface area contributed by atoms with Crippen LogP contribution in [-0.2, 0) is 0 Å². The smallest absolute Gasteiger partial charge is 0.00788 e. The minimum absolute atomic E-state index is 1.25. The first-order chi connectivity index (χ1) is 4.72. The molecule has 0 atom stereocenters. The quantitative estimate of drug-likeness (QED) is 0.450. The van der Waals surface area contributed by atoms with Crippen LogP contribution in [0.1, 0.15) is 40.5 Å². The Balaban J connectivity index is 0.